The van der Waals surface area contributed by atoms with Gasteiger partial charge in [-0.15, -0.1) is 0 Å². The largest absolute Gasteiger partial charge is 0.355 e. The summed E-state index contributed by atoms with van der Waals surface area (Å²) in [6.45, 7) is 6.14. The number of nitrogens with one attached hydrogen (secondary N) is 2. The number of rotatable bonds is 4. The Balaban J connectivity index is 1.79. The van der Waals surface area contributed by atoms with Crippen LogP contribution in [0.1, 0.15) is 27.2 Å². The van der Waals surface area contributed by atoms with Crippen molar-refractivity contribution in [3.8, 4) is 0 Å². The van der Waals surface area contributed by atoms with Crippen LogP contribution in [0.3, 0.4) is 0 Å². The van der Waals surface area contributed by atoms with Gasteiger partial charge in [-0.3, -0.25) is 9.78 Å². The van der Waals surface area contributed by atoms with E-state index in [1.165, 1.54) is 11.1 Å². The quantitative estimate of drug-likeness (QED) is 0.707. The summed E-state index contributed by atoms with van der Waals surface area (Å²) in [7, 11) is 0. The van der Waals surface area contributed by atoms with Gasteiger partial charge in [-0.2, -0.15) is 0 Å². The zero-order chi connectivity index (χ0) is 17.8. The van der Waals surface area contributed by atoms with Gasteiger partial charge in [0.2, 0.25) is 0 Å². The van der Waals surface area contributed by atoms with E-state index in [2.05, 4.69) is 35.5 Å². The number of carbonyl (C=O) groups is 1. The van der Waals surface area contributed by atoms with Gasteiger partial charge in [0.05, 0.1) is 0 Å². The average molecular weight is 331 g/mol. The fraction of sp³-hybridized carbons (Fsp3) is 0.143. The third-order valence-electron chi connectivity index (χ3n) is 4.15. The maximum Gasteiger partial charge on any atom is 0.274 e. The van der Waals surface area contributed by atoms with E-state index in [9.17, 15) is 4.79 Å². The Hall–Kier alpha value is -3.14. The Bertz CT molecular complexity index is 919. The molecule has 25 heavy (non-hydrogen) atoms. The molecule has 0 aliphatic rings. The van der Waals surface area contributed by atoms with E-state index in [0.717, 1.165) is 22.6 Å². The van der Waals surface area contributed by atoms with E-state index in [1.54, 1.807) is 12.3 Å². The van der Waals surface area contributed by atoms with Gasteiger partial charge in [-0.1, -0.05) is 24.3 Å². The highest BCUT2D eigenvalue weighted by Crippen LogP contribution is 2.23. The molecule has 0 saturated heterocycles. The average Bonchev–Trinajstić information content (AvgIpc) is 2.59. The summed E-state index contributed by atoms with van der Waals surface area (Å²) in [4.78, 5) is 16.6. The molecule has 4 heteroatoms. The van der Waals surface area contributed by atoms with Crippen molar-refractivity contribution in [3.63, 3.8) is 0 Å². The van der Waals surface area contributed by atoms with Gasteiger partial charge in [0.1, 0.15) is 5.69 Å². The van der Waals surface area contributed by atoms with E-state index in [4.69, 9.17) is 0 Å². The van der Waals surface area contributed by atoms with Crippen molar-refractivity contribution < 1.29 is 4.79 Å². The van der Waals surface area contributed by atoms with Gasteiger partial charge < -0.3 is 10.6 Å². The van der Waals surface area contributed by atoms with E-state index >= 15 is 0 Å². The van der Waals surface area contributed by atoms with Crippen molar-refractivity contribution in [2.24, 2.45) is 0 Å². The third kappa shape index (κ3) is 4.04. The second-order valence-corrected chi connectivity index (χ2v) is 6.13. The zero-order valence-electron chi connectivity index (χ0n) is 14.6. The molecule has 2 N–H and O–H groups in total. The Morgan fingerprint density at radius 3 is 2.52 bits per heavy atom. The molecule has 0 fully saturated rings. The van der Waals surface area contributed by atoms with E-state index < -0.39 is 0 Å². The highest BCUT2D eigenvalue weighted by molar-refractivity contribution is 6.03. The Labute approximate surface area is 147 Å². The number of aryl methyl sites for hydroxylation is 2. The molecular formula is C21H21N3O. The minimum absolute atomic E-state index is 0.227. The standard InChI is InChI=1S/C21H21N3O/c1-14-6-4-8-17(12-14)24-21(25)20-13-18(10-11-22-20)23-19-9-5-7-15(2)16(19)3/h4-13H,1-3H3,(H,22,23)(H,24,25). The van der Waals surface area contributed by atoms with Gasteiger partial charge in [0, 0.05) is 23.3 Å². The predicted molar refractivity (Wildman–Crippen MR) is 103 cm³/mol. The van der Waals surface area contributed by atoms with E-state index in [1.807, 2.05) is 49.4 Å². The number of nitrogens with zero attached hydrogens (tertiary/aromatic N) is 1. The number of aromatic nitrogens is 1. The molecule has 1 aromatic heterocycles. The minimum Gasteiger partial charge on any atom is -0.355 e. The first-order valence-corrected chi connectivity index (χ1v) is 8.20. The number of hydrogen-bond acceptors (Lipinski definition) is 3. The van der Waals surface area contributed by atoms with Crippen LogP contribution in [0.2, 0.25) is 0 Å². The number of amides is 1. The molecule has 126 valence electrons. The fourth-order valence-corrected chi connectivity index (χ4v) is 2.59. The summed E-state index contributed by atoms with van der Waals surface area (Å²) in [6.07, 6.45) is 1.64. The molecule has 1 heterocycles. The first-order chi connectivity index (χ1) is 12.0. The van der Waals surface area contributed by atoms with Crippen LogP contribution >= 0.6 is 0 Å². The highest BCUT2D eigenvalue weighted by Gasteiger charge is 2.09. The van der Waals surface area contributed by atoms with Crippen molar-refractivity contribution in [1.82, 2.24) is 4.98 Å². The number of carbonyl (C=O) groups excluding carboxylic acids is 1. The minimum atomic E-state index is -0.227. The van der Waals surface area contributed by atoms with Crippen molar-refractivity contribution in [2.45, 2.75) is 20.8 Å². The normalized spacial score (nSPS) is 10.4. The SMILES string of the molecule is Cc1cccc(NC(=O)c2cc(Nc3cccc(C)c3C)ccn2)c1. The topological polar surface area (TPSA) is 54.0 Å². The maximum atomic E-state index is 12.4. The van der Waals surface area contributed by atoms with E-state index in [-0.39, 0.29) is 5.91 Å². The van der Waals surface area contributed by atoms with Crippen LogP contribution < -0.4 is 10.6 Å². The molecule has 0 bridgehead atoms. The van der Waals surface area contributed by atoms with Gasteiger partial charge in [-0.05, 0) is 67.8 Å². The van der Waals surface area contributed by atoms with Crippen molar-refractivity contribution in [3.05, 3.63) is 83.2 Å². The second-order valence-electron chi connectivity index (χ2n) is 6.13. The first-order valence-electron chi connectivity index (χ1n) is 8.20. The third-order valence-corrected chi connectivity index (χ3v) is 4.15. The summed E-state index contributed by atoms with van der Waals surface area (Å²) in [6, 6.07) is 17.4. The monoisotopic (exact) mass is 331 g/mol. The summed E-state index contributed by atoms with van der Waals surface area (Å²) in [5.74, 6) is -0.227. The molecule has 0 unspecified atom stereocenters. The molecule has 0 aliphatic carbocycles. The van der Waals surface area contributed by atoms with Crippen LogP contribution in [0.5, 0.6) is 0 Å². The lowest BCUT2D eigenvalue weighted by atomic mass is 10.1. The van der Waals surface area contributed by atoms with Crippen molar-refractivity contribution in [2.75, 3.05) is 10.6 Å². The molecule has 0 radical (unpaired) electrons. The van der Waals surface area contributed by atoms with Crippen molar-refractivity contribution >= 4 is 23.0 Å². The fourth-order valence-electron chi connectivity index (χ4n) is 2.59. The van der Waals surface area contributed by atoms with Gasteiger partial charge in [0.25, 0.3) is 5.91 Å². The molecule has 2 aromatic carbocycles. The van der Waals surface area contributed by atoms with Crippen LogP contribution in [-0.2, 0) is 0 Å². The Morgan fingerprint density at radius 1 is 0.920 bits per heavy atom. The van der Waals surface area contributed by atoms with Gasteiger partial charge in [-0.25, -0.2) is 0 Å². The number of anilines is 3. The predicted octanol–water partition coefficient (Wildman–Crippen LogP) is 5.00. The van der Waals surface area contributed by atoms with Crippen LogP contribution in [0.25, 0.3) is 0 Å². The molecule has 0 saturated carbocycles. The van der Waals surface area contributed by atoms with Crippen LogP contribution in [0.15, 0.2) is 60.8 Å². The summed E-state index contributed by atoms with van der Waals surface area (Å²) < 4.78 is 0. The summed E-state index contributed by atoms with van der Waals surface area (Å²) in [5.41, 5.74) is 6.49. The van der Waals surface area contributed by atoms with Crippen LogP contribution in [0, 0.1) is 20.8 Å². The van der Waals surface area contributed by atoms with Gasteiger partial charge in [0.15, 0.2) is 0 Å². The lowest BCUT2D eigenvalue weighted by molar-refractivity contribution is 0.102. The number of hydrogen-bond donors (Lipinski definition) is 2. The molecule has 3 aromatic rings. The number of benzene rings is 2. The maximum absolute atomic E-state index is 12.4. The Morgan fingerprint density at radius 2 is 1.72 bits per heavy atom. The lowest BCUT2D eigenvalue weighted by Gasteiger charge is -2.12. The second kappa shape index (κ2) is 7.18. The molecule has 1 amide bonds. The molecule has 0 atom stereocenters. The summed E-state index contributed by atoms with van der Waals surface area (Å²) in [5, 5.41) is 6.24. The smallest absolute Gasteiger partial charge is 0.274 e. The summed E-state index contributed by atoms with van der Waals surface area (Å²) >= 11 is 0. The van der Waals surface area contributed by atoms with E-state index in [0.29, 0.717) is 5.69 Å². The zero-order valence-corrected chi connectivity index (χ0v) is 14.6. The first kappa shape index (κ1) is 16.7. The molecule has 0 aliphatic heterocycles. The van der Waals surface area contributed by atoms with Gasteiger partial charge >= 0.3 is 0 Å². The van der Waals surface area contributed by atoms with Crippen LogP contribution in [-0.4, -0.2) is 10.9 Å². The lowest BCUT2D eigenvalue weighted by Crippen LogP contribution is -2.13. The molecule has 0 spiro atoms. The van der Waals surface area contributed by atoms with Crippen molar-refractivity contribution in [1.29, 1.82) is 0 Å². The Kier molecular flexibility index (Phi) is 4.80. The molecular weight excluding hydrogens is 310 g/mol. The number of pyridine rings is 1. The highest BCUT2D eigenvalue weighted by atomic mass is 16.1. The molecule has 3 rings (SSSR count). The molecule has 4 nitrogen and oxygen atoms in total. The van der Waals surface area contributed by atoms with Crippen LogP contribution in [0.4, 0.5) is 17.1 Å².